The first-order valence-corrected chi connectivity index (χ1v) is 3.86. The molecule has 0 saturated carbocycles. The summed E-state index contributed by atoms with van der Waals surface area (Å²) in [5, 5.41) is 19.3. The first kappa shape index (κ1) is 11.4. The Bertz CT molecular complexity index is 244. The van der Waals surface area contributed by atoms with E-state index < -0.39 is 17.9 Å². The number of hydrogen-bond donors (Lipinski definition) is 2. The van der Waals surface area contributed by atoms with Crippen molar-refractivity contribution in [2.75, 3.05) is 0 Å². The van der Waals surface area contributed by atoms with Gasteiger partial charge in [0.1, 0.15) is 6.04 Å². The molecule has 0 bridgehead atoms. The zero-order valence-electron chi connectivity index (χ0n) is 7.57. The van der Waals surface area contributed by atoms with Crippen molar-refractivity contribution >= 4 is 11.9 Å². The van der Waals surface area contributed by atoms with Crippen LogP contribution in [0, 0.1) is 17.2 Å². The van der Waals surface area contributed by atoms with Crippen LogP contribution in [0.4, 0.5) is 0 Å². The summed E-state index contributed by atoms with van der Waals surface area (Å²) in [6, 6.07) is 0.887. The molecule has 13 heavy (non-hydrogen) atoms. The summed E-state index contributed by atoms with van der Waals surface area (Å²) in [4.78, 5) is 21.2. The molecule has 0 aliphatic carbocycles. The van der Waals surface area contributed by atoms with E-state index >= 15 is 0 Å². The molecule has 0 radical (unpaired) electrons. The van der Waals surface area contributed by atoms with Crippen LogP contribution < -0.4 is 5.32 Å². The number of amides is 1. The maximum Gasteiger partial charge on any atom is 0.326 e. The Morgan fingerprint density at radius 3 is 2.46 bits per heavy atom. The fourth-order valence-corrected chi connectivity index (χ4v) is 0.928. The first-order valence-electron chi connectivity index (χ1n) is 3.86. The van der Waals surface area contributed by atoms with Crippen LogP contribution in [0.2, 0.25) is 0 Å². The molecule has 0 aromatic carbocycles. The SMILES string of the molecule is CC(=O)N[C@H](C(=O)O)[C@@H](C)CC#N. The van der Waals surface area contributed by atoms with Gasteiger partial charge in [0.2, 0.25) is 5.91 Å². The maximum atomic E-state index is 10.6. The van der Waals surface area contributed by atoms with Gasteiger partial charge in [-0.2, -0.15) is 5.26 Å². The van der Waals surface area contributed by atoms with E-state index in [9.17, 15) is 9.59 Å². The van der Waals surface area contributed by atoms with Crippen molar-refractivity contribution < 1.29 is 14.7 Å². The molecule has 0 fully saturated rings. The molecule has 72 valence electrons. The number of aliphatic carboxylic acids is 1. The summed E-state index contributed by atoms with van der Waals surface area (Å²) in [7, 11) is 0. The predicted molar refractivity (Wildman–Crippen MR) is 44.6 cm³/mol. The molecule has 0 unspecified atom stereocenters. The zero-order chi connectivity index (χ0) is 10.4. The molecule has 1 amide bonds. The highest BCUT2D eigenvalue weighted by atomic mass is 16.4. The van der Waals surface area contributed by atoms with E-state index in [2.05, 4.69) is 5.32 Å². The van der Waals surface area contributed by atoms with Gasteiger partial charge in [-0.3, -0.25) is 4.79 Å². The van der Waals surface area contributed by atoms with Gasteiger partial charge in [-0.15, -0.1) is 0 Å². The number of rotatable bonds is 4. The molecule has 2 N–H and O–H groups in total. The fraction of sp³-hybridized carbons (Fsp3) is 0.625. The summed E-state index contributed by atoms with van der Waals surface area (Å²) in [6.45, 7) is 2.85. The number of carboxylic acid groups (broad SMARTS) is 1. The van der Waals surface area contributed by atoms with Gasteiger partial charge >= 0.3 is 5.97 Å². The van der Waals surface area contributed by atoms with Crippen LogP contribution in [0.15, 0.2) is 0 Å². The normalized spacial score (nSPS) is 13.9. The number of nitrogens with one attached hydrogen (secondary N) is 1. The number of carbonyl (C=O) groups excluding carboxylic acids is 1. The molecular weight excluding hydrogens is 172 g/mol. The molecule has 5 nitrogen and oxygen atoms in total. The monoisotopic (exact) mass is 184 g/mol. The summed E-state index contributed by atoms with van der Waals surface area (Å²) < 4.78 is 0. The van der Waals surface area contributed by atoms with Crippen molar-refractivity contribution in [1.29, 1.82) is 5.26 Å². The lowest BCUT2D eigenvalue weighted by Gasteiger charge is -2.17. The highest BCUT2D eigenvalue weighted by Crippen LogP contribution is 2.07. The number of hydrogen-bond acceptors (Lipinski definition) is 3. The molecule has 0 saturated heterocycles. The Morgan fingerprint density at radius 1 is 1.62 bits per heavy atom. The quantitative estimate of drug-likeness (QED) is 0.649. The smallest absolute Gasteiger partial charge is 0.326 e. The third-order valence-corrected chi connectivity index (χ3v) is 1.61. The Hall–Kier alpha value is -1.57. The van der Waals surface area contributed by atoms with E-state index in [1.54, 1.807) is 6.92 Å². The minimum absolute atomic E-state index is 0.108. The first-order chi connectivity index (χ1) is 5.99. The number of nitriles is 1. The van der Waals surface area contributed by atoms with Crippen LogP contribution in [0.5, 0.6) is 0 Å². The van der Waals surface area contributed by atoms with Crippen LogP contribution in [0.25, 0.3) is 0 Å². The van der Waals surface area contributed by atoms with Gasteiger partial charge in [0.15, 0.2) is 0 Å². The molecule has 0 aliphatic rings. The van der Waals surface area contributed by atoms with Crippen molar-refractivity contribution in [3.05, 3.63) is 0 Å². The zero-order valence-corrected chi connectivity index (χ0v) is 7.57. The van der Waals surface area contributed by atoms with Crippen molar-refractivity contribution in [1.82, 2.24) is 5.32 Å². The largest absolute Gasteiger partial charge is 0.480 e. The molecule has 0 spiro atoms. The second-order valence-electron chi connectivity index (χ2n) is 2.86. The van der Waals surface area contributed by atoms with Crippen LogP contribution in [-0.2, 0) is 9.59 Å². The third kappa shape index (κ3) is 4.11. The molecule has 0 heterocycles. The Balaban J connectivity index is 4.34. The van der Waals surface area contributed by atoms with Crippen molar-refractivity contribution in [3.8, 4) is 6.07 Å². The van der Waals surface area contributed by atoms with E-state index in [1.165, 1.54) is 6.92 Å². The van der Waals surface area contributed by atoms with Gasteiger partial charge in [0.25, 0.3) is 0 Å². The molecule has 2 atom stereocenters. The van der Waals surface area contributed by atoms with E-state index in [0.717, 1.165) is 0 Å². The Kier molecular flexibility index (Phi) is 4.52. The molecule has 0 aliphatic heterocycles. The second-order valence-corrected chi connectivity index (χ2v) is 2.86. The van der Waals surface area contributed by atoms with Crippen LogP contribution >= 0.6 is 0 Å². The average molecular weight is 184 g/mol. The minimum atomic E-state index is -1.11. The number of nitrogens with zero attached hydrogens (tertiary/aromatic N) is 1. The Morgan fingerprint density at radius 2 is 2.15 bits per heavy atom. The average Bonchev–Trinajstić information content (AvgIpc) is 1.99. The van der Waals surface area contributed by atoms with E-state index in [4.69, 9.17) is 10.4 Å². The number of carbonyl (C=O) groups is 2. The van der Waals surface area contributed by atoms with Gasteiger partial charge in [-0.05, 0) is 0 Å². The summed E-state index contributed by atoms with van der Waals surface area (Å²) in [5.74, 6) is -1.90. The lowest BCUT2D eigenvalue weighted by atomic mass is 9.99. The minimum Gasteiger partial charge on any atom is -0.480 e. The molecule has 0 rings (SSSR count). The van der Waals surface area contributed by atoms with Gasteiger partial charge in [-0.25, -0.2) is 4.79 Å². The van der Waals surface area contributed by atoms with E-state index in [1.807, 2.05) is 6.07 Å². The number of carboxylic acids is 1. The van der Waals surface area contributed by atoms with Crippen molar-refractivity contribution in [2.24, 2.45) is 5.92 Å². The topological polar surface area (TPSA) is 90.2 Å². The maximum absolute atomic E-state index is 10.6. The van der Waals surface area contributed by atoms with Crippen LogP contribution in [0.3, 0.4) is 0 Å². The second kappa shape index (κ2) is 5.14. The fourth-order valence-electron chi connectivity index (χ4n) is 0.928. The van der Waals surface area contributed by atoms with Crippen LogP contribution in [0.1, 0.15) is 20.3 Å². The van der Waals surface area contributed by atoms with Crippen molar-refractivity contribution in [3.63, 3.8) is 0 Å². The predicted octanol–water partition coefficient (Wildman–Crippen LogP) is 0.125. The summed E-state index contributed by atoms with van der Waals surface area (Å²) >= 11 is 0. The van der Waals surface area contributed by atoms with Gasteiger partial charge in [-0.1, -0.05) is 6.92 Å². The molecule has 5 heteroatoms. The van der Waals surface area contributed by atoms with Crippen molar-refractivity contribution in [2.45, 2.75) is 26.3 Å². The van der Waals surface area contributed by atoms with E-state index in [-0.39, 0.29) is 12.3 Å². The highest BCUT2D eigenvalue weighted by Gasteiger charge is 2.24. The lowest BCUT2D eigenvalue weighted by molar-refractivity contribution is -0.142. The Labute approximate surface area is 76.4 Å². The van der Waals surface area contributed by atoms with E-state index in [0.29, 0.717) is 0 Å². The molecular formula is C8H12N2O3. The summed E-state index contributed by atoms with van der Waals surface area (Å²) in [5.41, 5.74) is 0. The third-order valence-electron chi connectivity index (χ3n) is 1.61. The van der Waals surface area contributed by atoms with Gasteiger partial charge in [0, 0.05) is 19.3 Å². The van der Waals surface area contributed by atoms with Crippen LogP contribution in [-0.4, -0.2) is 23.0 Å². The highest BCUT2D eigenvalue weighted by molar-refractivity contribution is 5.82. The van der Waals surface area contributed by atoms with Gasteiger partial charge in [0.05, 0.1) is 6.07 Å². The van der Waals surface area contributed by atoms with Gasteiger partial charge < -0.3 is 10.4 Å². The molecule has 0 aromatic heterocycles. The molecule has 0 aromatic rings. The summed E-state index contributed by atoms with van der Waals surface area (Å²) in [6.07, 6.45) is 0.108. The standard InChI is InChI=1S/C8H12N2O3/c1-5(3-4-9)7(8(12)13)10-6(2)11/h5,7H,3H2,1-2H3,(H,10,11)(H,12,13)/t5-,7-/m0/s1. The lowest BCUT2D eigenvalue weighted by Crippen LogP contribution is -2.44.